The molecule has 0 atom stereocenters. The molecule has 0 fully saturated rings. The van der Waals surface area contributed by atoms with Crippen molar-refractivity contribution in [3.8, 4) is 0 Å². The van der Waals surface area contributed by atoms with Crippen LogP contribution in [0.3, 0.4) is 0 Å². The van der Waals surface area contributed by atoms with Crippen LogP contribution in [-0.4, -0.2) is 26.7 Å². The van der Waals surface area contributed by atoms with Gasteiger partial charge in [-0.25, -0.2) is 13.5 Å². The van der Waals surface area contributed by atoms with Gasteiger partial charge in [0, 0.05) is 4.47 Å². The number of nitrogens with one attached hydrogen (secondary N) is 1. The highest BCUT2D eigenvalue weighted by atomic mass is 79.9. The third-order valence-corrected chi connectivity index (χ3v) is 2.83. The van der Waals surface area contributed by atoms with Crippen LogP contribution < -0.4 is 5.32 Å². The minimum atomic E-state index is -0.686. The third kappa shape index (κ3) is 3.48. The summed E-state index contributed by atoms with van der Waals surface area (Å²) >= 11 is 3.01. The van der Waals surface area contributed by atoms with Crippen molar-refractivity contribution in [2.45, 2.75) is 13.1 Å². The molecule has 0 saturated carbocycles. The molecule has 1 heterocycles. The highest BCUT2D eigenvalue weighted by Gasteiger charge is 2.11. The lowest BCUT2D eigenvalue weighted by Gasteiger charge is -2.07. The standard InChI is InChI=1S/C11H11BrF2N4O/c12-7-3-9(13)11(10(14)4-7)15-5-8-6-18(1-2-19)17-16-8/h3-4,6,15,19H,1-2,5H2. The van der Waals surface area contributed by atoms with E-state index in [4.69, 9.17) is 5.11 Å². The van der Waals surface area contributed by atoms with Crippen LogP contribution in [0.2, 0.25) is 0 Å². The number of nitrogens with zero attached hydrogens (tertiary/aromatic N) is 3. The Bertz CT molecular complexity index is 553. The molecule has 0 radical (unpaired) electrons. The first-order chi connectivity index (χ1) is 9.10. The SMILES string of the molecule is OCCn1cc(CNc2c(F)cc(Br)cc2F)nn1. The highest BCUT2D eigenvalue weighted by molar-refractivity contribution is 9.10. The summed E-state index contributed by atoms with van der Waals surface area (Å²) in [6, 6.07) is 2.35. The largest absolute Gasteiger partial charge is 0.394 e. The van der Waals surface area contributed by atoms with Crippen molar-refractivity contribution < 1.29 is 13.9 Å². The summed E-state index contributed by atoms with van der Waals surface area (Å²) in [6.07, 6.45) is 1.60. The van der Waals surface area contributed by atoms with Crippen molar-refractivity contribution in [2.24, 2.45) is 0 Å². The molecule has 0 aliphatic rings. The van der Waals surface area contributed by atoms with Gasteiger partial charge in [0.15, 0.2) is 0 Å². The summed E-state index contributed by atoms with van der Waals surface area (Å²) in [5, 5.41) is 18.9. The molecular weight excluding hydrogens is 322 g/mol. The minimum absolute atomic E-state index is 0.0494. The second kappa shape index (κ2) is 6.07. The zero-order chi connectivity index (χ0) is 13.8. The van der Waals surface area contributed by atoms with E-state index in [-0.39, 0.29) is 18.8 Å². The first kappa shape index (κ1) is 13.9. The van der Waals surface area contributed by atoms with E-state index < -0.39 is 11.6 Å². The molecule has 0 spiro atoms. The van der Waals surface area contributed by atoms with Gasteiger partial charge in [0.1, 0.15) is 23.0 Å². The molecule has 5 nitrogen and oxygen atoms in total. The van der Waals surface area contributed by atoms with Gasteiger partial charge in [-0.05, 0) is 12.1 Å². The molecule has 8 heteroatoms. The van der Waals surface area contributed by atoms with Crippen molar-refractivity contribution in [1.29, 1.82) is 0 Å². The maximum absolute atomic E-state index is 13.5. The Kier molecular flexibility index (Phi) is 4.43. The summed E-state index contributed by atoms with van der Waals surface area (Å²) < 4.78 is 28.9. The van der Waals surface area contributed by atoms with E-state index in [0.29, 0.717) is 16.7 Å². The van der Waals surface area contributed by atoms with Crippen molar-refractivity contribution in [1.82, 2.24) is 15.0 Å². The van der Waals surface area contributed by atoms with E-state index in [1.807, 2.05) is 0 Å². The number of rotatable bonds is 5. The Hall–Kier alpha value is -1.54. The predicted octanol–water partition coefficient (Wildman–Crippen LogP) is 1.92. The van der Waals surface area contributed by atoms with Crippen LogP contribution in [0.4, 0.5) is 14.5 Å². The van der Waals surface area contributed by atoms with Gasteiger partial charge < -0.3 is 10.4 Å². The molecule has 2 aromatic rings. The summed E-state index contributed by atoms with van der Waals surface area (Å²) in [5.74, 6) is -1.37. The van der Waals surface area contributed by atoms with Crippen molar-refractivity contribution in [2.75, 3.05) is 11.9 Å². The molecule has 102 valence electrons. The van der Waals surface area contributed by atoms with Crippen LogP contribution in [0, 0.1) is 11.6 Å². The average Bonchev–Trinajstić information content (AvgIpc) is 2.76. The molecule has 0 aliphatic carbocycles. The van der Waals surface area contributed by atoms with Gasteiger partial charge in [-0.15, -0.1) is 5.10 Å². The van der Waals surface area contributed by atoms with E-state index in [1.54, 1.807) is 6.20 Å². The zero-order valence-corrected chi connectivity index (χ0v) is 11.4. The number of hydrogen-bond acceptors (Lipinski definition) is 4. The van der Waals surface area contributed by atoms with Crippen LogP contribution in [0.5, 0.6) is 0 Å². The van der Waals surface area contributed by atoms with Crippen molar-refractivity contribution in [3.63, 3.8) is 0 Å². The maximum Gasteiger partial charge on any atom is 0.150 e. The van der Waals surface area contributed by atoms with E-state index in [9.17, 15) is 8.78 Å². The van der Waals surface area contributed by atoms with Gasteiger partial charge in [-0.2, -0.15) is 0 Å². The molecule has 0 saturated heterocycles. The van der Waals surface area contributed by atoms with Crippen LogP contribution in [-0.2, 0) is 13.1 Å². The zero-order valence-electron chi connectivity index (χ0n) is 9.78. The fraction of sp³-hybridized carbons (Fsp3) is 0.273. The van der Waals surface area contributed by atoms with Crippen LogP contribution in [0.1, 0.15) is 5.69 Å². The van der Waals surface area contributed by atoms with Gasteiger partial charge in [0.05, 0.1) is 25.9 Å². The summed E-state index contributed by atoms with van der Waals surface area (Å²) in [4.78, 5) is 0. The lowest BCUT2D eigenvalue weighted by Crippen LogP contribution is -2.04. The highest BCUT2D eigenvalue weighted by Crippen LogP contribution is 2.24. The lowest BCUT2D eigenvalue weighted by atomic mass is 10.3. The van der Waals surface area contributed by atoms with E-state index in [2.05, 4.69) is 31.6 Å². The second-order valence-electron chi connectivity index (χ2n) is 3.79. The van der Waals surface area contributed by atoms with E-state index in [0.717, 1.165) is 0 Å². The summed E-state index contributed by atoms with van der Waals surface area (Å²) in [6.45, 7) is 0.418. The molecule has 0 amide bonds. The van der Waals surface area contributed by atoms with Crippen LogP contribution >= 0.6 is 15.9 Å². The van der Waals surface area contributed by atoms with Crippen LogP contribution in [0.15, 0.2) is 22.8 Å². The Labute approximate surface area is 116 Å². The first-order valence-electron chi connectivity index (χ1n) is 5.48. The summed E-state index contributed by atoms with van der Waals surface area (Å²) in [5.41, 5.74) is 0.315. The number of aliphatic hydroxyl groups excluding tert-OH is 1. The molecule has 2 N–H and O–H groups in total. The fourth-order valence-electron chi connectivity index (χ4n) is 1.52. The fourth-order valence-corrected chi connectivity index (χ4v) is 1.92. The van der Waals surface area contributed by atoms with Gasteiger partial charge in [-0.1, -0.05) is 21.1 Å². The molecule has 0 unspecified atom stereocenters. The number of aromatic nitrogens is 3. The Morgan fingerprint density at radius 1 is 1.32 bits per heavy atom. The van der Waals surface area contributed by atoms with Gasteiger partial charge in [0.2, 0.25) is 0 Å². The smallest absolute Gasteiger partial charge is 0.150 e. The van der Waals surface area contributed by atoms with Gasteiger partial charge in [0.25, 0.3) is 0 Å². The number of benzene rings is 1. The predicted molar refractivity (Wildman–Crippen MR) is 68.5 cm³/mol. The monoisotopic (exact) mass is 332 g/mol. The first-order valence-corrected chi connectivity index (χ1v) is 6.27. The van der Waals surface area contributed by atoms with Crippen molar-refractivity contribution in [3.05, 3.63) is 40.1 Å². The average molecular weight is 333 g/mol. The number of aliphatic hydroxyl groups is 1. The topological polar surface area (TPSA) is 63.0 Å². The molecule has 1 aromatic heterocycles. The number of hydrogen-bond donors (Lipinski definition) is 2. The Balaban J connectivity index is 2.05. The Morgan fingerprint density at radius 3 is 2.63 bits per heavy atom. The molecule has 19 heavy (non-hydrogen) atoms. The maximum atomic E-state index is 13.5. The molecular formula is C11H11BrF2N4O. The van der Waals surface area contributed by atoms with Gasteiger partial charge in [-0.3, -0.25) is 0 Å². The van der Waals surface area contributed by atoms with Crippen LogP contribution in [0.25, 0.3) is 0 Å². The normalized spacial score (nSPS) is 10.7. The summed E-state index contributed by atoms with van der Waals surface area (Å²) in [7, 11) is 0. The third-order valence-electron chi connectivity index (χ3n) is 2.37. The lowest BCUT2D eigenvalue weighted by molar-refractivity contribution is 0.268. The molecule has 0 bridgehead atoms. The van der Waals surface area contributed by atoms with E-state index in [1.165, 1.54) is 16.8 Å². The second-order valence-corrected chi connectivity index (χ2v) is 4.71. The molecule has 0 aliphatic heterocycles. The molecule has 1 aromatic carbocycles. The number of anilines is 1. The van der Waals surface area contributed by atoms with E-state index >= 15 is 0 Å². The molecule has 2 rings (SSSR count). The minimum Gasteiger partial charge on any atom is -0.394 e. The quantitative estimate of drug-likeness (QED) is 0.878. The van der Waals surface area contributed by atoms with Crippen molar-refractivity contribution >= 4 is 21.6 Å². The Morgan fingerprint density at radius 2 is 2.00 bits per heavy atom. The van der Waals surface area contributed by atoms with Gasteiger partial charge >= 0.3 is 0 Å². The number of halogens is 3.